The summed E-state index contributed by atoms with van der Waals surface area (Å²) in [7, 11) is -1.64. The van der Waals surface area contributed by atoms with Crippen LogP contribution < -0.4 is 14.3 Å². The van der Waals surface area contributed by atoms with Crippen molar-refractivity contribution >= 4 is 51.9 Å². The number of aryl methyl sites for hydroxylation is 2. The van der Waals surface area contributed by atoms with Crippen molar-refractivity contribution in [2.75, 3.05) is 0 Å². The highest BCUT2D eigenvalue weighted by atomic mass is 28.3. The quantitative estimate of drug-likeness (QED) is 0.128. The van der Waals surface area contributed by atoms with E-state index in [9.17, 15) is 0 Å². The van der Waals surface area contributed by atoms with E-state index < -0.39 is 8.07 Å². The Hall–Kier alpha value is -5.52. The predicted octanol–water partition coefficient (Wildman–Crippen LogP) is 11.7. The molecule has 0 aliphatic carbocycles. The molecule has 10 rings (SSSR count). The summed E-state index contributed by atoms with van der Waals surface area (Å²) in [6.45, 7) is 21.8. The van der Waals surface area contributed by atoms with E-state index in [1.165, 1.54) is 44.4 Å². The Kier molecular flexibility index (Phi) is 7.79. The number of hydrogen-bond acceptors (Lipinski definition) is 1. The number of imidazole rings is 1. The zero-order valence-electron chi connectivity index (χ0n) is 33.8. The second-order valence-corrected chi connectivity index (χ2v) is 23.3. The van der Waals surface area contributed by atoms with Gasteiger partial charge >= 0.3 is 5.82 Å². The molecule has 0 spiro atoms. The number of rotatable bonds is 2. The lowest BCUT2D eigenvalue weighted by Gasteiger charge is -2.33. The molecule has 4 nitrogen and oxygen atoms in total. The number of aromatic nitrogens is 3. The third-order valence-corrected chi connectivity index (χ3v) is 14.8. The second kappa shape index (κ2) is 12.5. The Morgan fingerprint density at radius 1 is 0.821 bits per heavy atom. The highest BCUT2D eigenvalue weighted by molar-refractivity contribution is 6.88. The van der Waals surface area contributed by atoms with Gasteiger partial charge in [0.2, 0.25) is 5.69 Å². The number of hydrogen-bond donors (Lipinski definition) is 0. The summed E-state index contributed by atoms with van der Waals surface area (Å²) in [5.41, 5.74) is 15.7. The highest BCUT2D eigenvalue weighted by Gasteiger charge is 2.45. The predicted molar refractivity (Wildman–Crippen MR) is 235 cm³/mol. The summed E-state index contributed by atoms with van der Waals surface area (Å²) in [6.07, 6.45) is 5.28. The van der Waals surface area contributed by atoms with Gasteiger partial charge in [-0.05, 0) is 72.2 Å². The first-order valence-electron chi connectivity index (χ1n) is 20.3. The SMILES string of the molecule is C=C1CC2C(CCc3ccc4c(oc5ccccc54)c3-c3n1c1ccccc1[n+]3-c1ccccc1C(C)(C)C)c1ccccc1-c1cc(C)c([Si](C)(C)C)c[n+]12. The molecule has 2 atom stereocenters. The molecule has 3 aromatic heterocycles. The van der Waals surface area contributed by atoms with Crippen molar-refractivity contribution in [2.45, 2.75) is 84.0 Å². The van der Waals surface area contributed by atoms with Crippen molar-refractivity contribution in [3.63, 3.8) is 0 Å². The molecule has 5 aromatic carbocycles. The molecule has 0 radical (unpaired) electrons. The van der Waals surface area contributed by atoms with E-state index in [0.29, 0.717) is 5.92 Å². The summed E-state index contributed by atoms with van der Waals surface area (Å²) in [5, 5.41) is 3.82. The number of fused-ring (bicyclic) bond motifs is 15. The Morgan fingerprint density at radius 3 is 2.38 bits per heavy atom. The van der Waals surface area contributed by atoms with E-state index in [2.05, 4.69) is 182 Å². The molecule has 0 N–H and O–H groups in total. The molecule has 0 amide bonds. The third kappa shape index (κ3) is 5.23. The summed E-state index contributed by atoms with van der Waals surface area (Å²) in [6, 6.07) is 42.9. The largest absolute Gasteiger partial charge is 0.455 e. The zero-order chi connectivity index (χ0) is 38.7. The standard InChI is InChI=1S/C51H51N3OSi/c1-32-29-44-36-18-10-9-17-35(36)37-27-25-34-26-28-39-38-19-11-16-24-46(38)55-49(39)48(34)50-53(33(2)30-45(37)52(44)31-47(32)56(6,7)8)42-22-14-15-23-43(42)54(50)41-21-13-12-20-40(41)51(3,4)5/h9-24,26,28-29,31,37,45H,2,25,27,30H2,1,3-8H3/q+2. The van der Waals surface area contributed by atoms with E-state index in [0.717, 1.165) is 69.3 Å². The van der Waals surface area contributed by atoms with Crippen LogP contribution >= 0.6 is 0 Å². The normalized spacial score (nSPS) is 17.0. The van der Waals surface area contributed by atoms with Crippen LogP contribution in [0, 0.1) is 6.92 Å². The van der Waals surface area contributed by atoms with Crippen LogP contribution in [0.5, 0.6) is 0 Å². The van der Waals surface area contributed by atoms with Crippen molar-refractivity contribution in [1.82, 2.24) is 4.57 Å². The molecule has 8 aromatic rings. The lowest BCUT2D eigenvalue weighted by atomic mass is 9.77. The average molecular weight is 750 g/mol. The number of allylic oxidation sites excluding steroid dienone is 1. The minimum absolute atomic E-state index is 0.0873. The average Bonchev–Trinajstić information content (AvgIpc) is 3.72. The van der Waals surface area contributed by atoms with Crippen molar-refractivity contribution in [3.8, 4) is 28.3 Å². The molecular weight excluding hydrogens is 699 g/mol. The van der Waals surface area contributed by atoms with Crippen LogP contribution in [0.1, 0.15) is 67.8 Å². The highest BCUT2D eigenvalue weighted by Crippen LogP contribution is 2.47. The summed E-state index contributed by atoms with van der Waals surface area (Å²) in [4.78, 5) is 0. The number of nitrogens with zero attached hydrogens (tertiary/aromatic N) is 3. The van der Waals surface area contributed by atoms with Gasteiger partial charge in [-0.15, -0.1) is 0 Å². The Bertz CT molecular complexity index is 2910. The van der Waals surface area contributed by atoms with Gasteiger partial charge in [0.05, 0.1) is 14.5 Å². The van der Waals surface area contributed by atoms with Crippen molar-refractivity contribution in [3.05, 3.63) is 150 Å². The second-order valence-electron chi connectivity index (χ2n) is 18.3. The van der Waals surface area contributed by atoms with Crippen LogP contribution in [0.4, 0.5) is 0 Å². The lowest BCUT2D eigenvalue weighted by molar-refractivity contribution is -0.716. The van der Waals surface area contributed by atoms with E-state index in [1.54, 1.807) is 0 Å². The van der Waals surface area contributed by atoms with Gasteiger partial charge in [0.1, 0.15) is 22.5 Å². The number of para-hydroxylation sites is 4. The fourth-order valence-corrected chi connectivity index (χ4v) is 12.0. The number of benzene rings is 5. The maximum atomic E-state index is 7.00. The van der Waals surface area contributed by atoms with E-state index in [1.807, 2.05) is 0 Å². The first-order valence-corrected chi connectivity index (χ1v) is 23.8. The molecule has 56 heavy (non-hydrogen) atoms. The molecule has 0 saturated carbocycles. The third-order valence-electron chi connectivity index (χ3n) is 12.7. The van der Waals surface area contributed by atoms with E-state index >= 15 is 0 Å². The van der Waals surface area contributed by atoms with Gasteiger partial charge in [-0.25, -0.2) is 0 Å². The van der Waals surface area contributed by atoms with Gasteiger partial charge in [-0.3, -0.25) is 0 Å². The first kappa shape index (κ1) is 34.9. The van der Waals surface area contributed by atoms with Crippen LogP contribution in [0.25, 0.3) is 67.0 Å². The van der Waals surface area contributed by atoms with Gasteiger partial charge in [-0.1, -0.05) is 126 Å². The Morgan fingerprint density at radius 2 is 1.55 bits per heavy atom. The van der Waals surface area contributed by atoms with E-state index in [4.69, 9.17) is 11.0 Å². The smallest absolute Gasteiger partial charge is 0.304 e. The summed E-state index contributed by atoms with van der Waals surface area (Å²) >= 11 is 0. The topological polar surface area (TPSA) is 25.8 Å². The lowest BCUT2D eigenvalue weighted by Crippen LogP contribution is -2.53. The maximum Gasteiger partial charge on any atom is 0.304 e. The minimum atomic E-state index is -1.64. The van der Waals surface area contributed by atoms with Crippen LogP contribution in [0.2, 0.25) is 19.6 Å². The summed E-state index contributed by atoms with van der Waals surface area (Å²) in [5.74, 6) is 1.41. The van der Waals surface area contributed by atoms with Crippen LogP contribution in [0.15, 0.2) is 132 Å². The molecule has 0 fully saturated rings. The molecule has 2 aliphatic rings. The Balaban J connectivity index is 1.32. The van der Waals surface area contributed by atoms with Gasteiger partial charge in [0.25, 0.3) is 0 Å². The van der Waals surface area contributed by atoms with Gasteiger partial charge < -0.3 is 4.42 Å². The van der Waals surface area contributed by atoms with Gasteiger partial charge in [0, 0.05) is 39.1 Å². The van der Waals surface area contributed by atoms with Gasteiger partial charge in [-0.2, -0.15) is 13.7 Å². The van der Waals surface area contributed by atoms with Crippen molar-refractivity contribution < 1.29 is 13.6 Å². The van der Waals surface area contributed by atoms with Crippen LogP contribution in [0.3, 0.4) is 0 Å². The molecule has 278 valence electrons. The molecule has 0 bridgehead atoms. The fraction of sp³-hybridized carbons (Fsp3) is 0.255. The number of pyridine rings is 1. The molecular formula is C51H51N3OSi+2. The molecule has 5 heteroatoms. The summed E-state index contributed by atoms with van der Waals surface area (Å²) < 4.78 is 14.7. The van der Waals surface area contributed by atoms with Crippen LogP contribution in [-0.4, -0.2) is 12.6 Å². The zero-order valence-corrected chi connectivity index (χ0v) is 34.8. The molecule has 0 saturated heterocycles. The molecule has 2 unspecified atom stereocenters. The van der Waals surface area contributed by atoms with Crippen molar-refractivity contribution in [1.29, 1.82) is 0 Å². The maximum absolute atomic E-state index is 7.00. The fourth-order valence-electron chi connectivity index (χ4n) is 10.2. The van der Waals surface area contributed by atoms with Crippen LogP contribution in [-0.2, 0) is 11.8 Å². The first-order chi connectivity index (χ1) is 26.9. The van der Waals surface area contributed by atoms with Crippen molar-refractivity contribution in [2.24, 2.45) is 0 Å². The number of furan rings is 1. The monoisotopic (exact) mass is 749 g/mol. The Labute approximate surface area is 331 Å². The van der Waals surface area contributed by atoms with E-state index in [-0.39, 0.29) is 11.5 Å². The molecule has 2 aliphatic heterocycles. The molecule has 5 heterocycles. The minimum Gasteiger partial charge on any atom is -0.455 e. The van der Waals surface area contributed by atoms with Gasteiger partial charge in [0.15, 0.2) is 28.9 Å².